The summed E-state index contributed by atoms with van der Waals surface area (Å²) in [7, 11) is -2.09. The van der Waals surface area contributed by atoms with Gasteiger partial charge in [0.1, 0.15) is 11.6 Å². The Labute approximate surface area is 165 Å². The number of rotatable bonds is 7. The second kappa shape index (κ2) is 8.49. The molecular formula is C19H17FN2O4S2. The number of carbonyl (C=O) groups excluding carboxylic acids is 1. The molecule has 9 heteroatoms. The van der Waals surface area contributed by atoms with Crippen molar-refractivity contribution in [3.63, 3.8) is 0 Å². The summed E-state index contributed by atoms with van der Waals surface area (Å²) in [5.41, 5.74) is 1.33. The molecular weight excluding hydrogens is 403 g/mol. The molecule has 0 atom stereocenters. The van der Waals surface area contributed by atoms with Crippen molar-refractivity contribution in [2.24, 2.45) is 0 Å². The number of benzene rings is 2. The first-order valence-corrected chi connectivity index (χ1v) is 10.8. The van der Waals surface area contributed by atoms with Crippen LogP contribution in [0.5, 0.6) is 5.75 Å². The molecule has 0 spiro atoms. The van der Waals surface area contributed by atoms with Gasteiger partial charge in [-0.2, -0.15) is 0 Å². The van der Waals surface area contributed by atoms with E-state index in [0.29, 0.717) is 16.6 Å². The molecule has 146 valence electrons. The van der Waals surface area contributed by atoms with Gasteiger partial charge in [0.15, 0.2) is 15.0 Å². The lowest BCUT2D eigenvalue weighted by molar-refractivity contribution is -0.115. The molecule has 1 aromatic heterocycles. The van der Waals surface area contributed by atoms with Crippen molar-refractivity contribution in [1.29, 1.82) is 0 Å². The fraction of sp³-hybridized carbons (Fsp3) is 0.158. The molecule has 3 aromatic rings. The summed E-state index contributed by atoms with van der Waals surface area (Å²) in [6, 6.07) is 11.9. The van der Waals surface area contributed by atoms with Gasteiger partial charge in [-0.05, 0) is 48.5 Å². The summed E-state index contributed by atoms with van der Waals surface area (Å²) in [4.78, 5) is 16.5. The standard InChI is InChI=1S/C19H17FN2O4S2/c1-26-15-6-8-16(9-7-15)28(24,25)11-10-18(23)22-19-21-17(12-27-19)13-2-4-14(20)5-3-13/h2-9,12H,10-11H2,1H3,(H,21,22,23). The highest BCUT2D eigenvalue weighted by molar-refractivity contribution is 7.91. The number of nitrogens with zero attached hydrogens (tertiary/aromatic N) is 1. The van der Waals surface area contributed by atoms with E-state index in [1.807, 2.05) is 0 Å². The van der Waals surface area contributed by atoms with Crippen LogP contribution < -0.4 is 10.1 Å². The lowest BCUT2D eigenvalue weighted by Crippen LogP contribution is -2.17. The van der Waals surface area contributed by atoms with Crippen molar-refractivity contribution < 1.29 is 22.3 Å². The van der Waals surface area contributed by atoms with Crippen LogP contribution in [0.3, 0.4) is 0 Å². The number of halogens is 1. The molecule has 0 bridgehead atoms. The average Bonchev–Trinajstić information content (AvgIpc) is 3.15. The van der Waals surface area contributed by atoms with Gasteiger partial charge in [-0.15, -0.1) is 11.3 Å². The summed E-state index contributed by atoms with van der Waals surface area (Å²) < 4.78 is 42.7. The number of thiazole rings is 1. The zero-order valence-corrected chi connectivity index (χ0v) is 16.5. The van der Waals surface area contributed by atoms with Crippen LogP contribution in [0.4, 0.5) is 9.52 Å². The first-order valence-electron chi connectivity index (χ1n) is 8.25. The second-order valence-electron chi connectivity index (χ2n) is 5.84. The molecule has 0 radical (unpaired) electrons. The number of aromatic nitrogens is 1. The van der Waals surface area contributed by atoms with Crippen LogP contribution in [-0.2, 0) is 14.6 Å². The van der Waals surface area contributed by atoms with Crippen molar-refractivity contribution >= 4 is 32.2 Å². The molecule has 0 aliphatic rings. The van der Waals surface area contributed by atoms with Gasteiger partial charge in [-0.25, -0.2) is 17.8 Å². The quantitative estimate of drug-likeness (QED) is 0.629. The number of carbonyl (C=O) groups is 1. The maximum Gasteiger partial charge on any atom is 0.227 e. The van der Waals surface area contributed by atoms with Gasteiger partial charge in [0.2, 0.25) is 5.91 Å². The van der Waals surface area contributed by atoms with E-state index in [1.165, 1.54) is 42.7 Å². The Kier molecular flexibility index (Phi) is 6.05. The molecule has 2 aromatic carbocycles. The Morgan fingerprint density at radius 1 is 1.14 bits per heavy atom. The maximum absolute atomic E-state index is 13.0. The summed E-state index contributed by atoms with van der Waals surface area (Å²) >= 11 is 1.21. The minimum absolute atomic E-state index is 0.133. The van der Waals surface area contributed by atoms with Crippen LogP contribution >= 0.6 is 11.3 Å². The fourth-order valence-electron chi connectivity index (χ4n) is 2.39. The van der Waals surface area contributed by atoms with Gasteiger partial charge in [-0.1, -0.05) is 0 Å². The molecule has 1 heterocycles. The lowest BCUT2D eigenvalue weighted by atomic mass is 10.2. The molecule has 28 heavy (non-hydrogen) atoms. The molecule has 1 N–H and O–H groups in total. The third-order valence-electron chi connectivity index (χ3n) is 3.91. The Bertz CT molecular complexity index is 1060. The van der Waals surface area contributed by atoms with Gasteiger partial charge in [0, 0.05) is 17.4 Å². The van der Waals surface area contributed by atoms with E-state index >= 15 is 0 Å². The minimum Gasteiger partial charge on any atom is -0.497 e. The smallest absolute Gasteiger partial charge is 0.227 e. The topological polar surface area (TPSA) is 85.4 Å². The summed E-state index contributed by atoms with van der Waals surface area (Å²) in [5.74, 6) is -0.554. The molecule has 0 aliphatic heterocycles. The number of ether oxygens (including phenoxy) is 1. The zero-order valence-electron chi connectivity index (χ0n) is 14.9. The highest BCUT2D eigenvalue weighted by Gasteiger charge is 2.17. The van der Waals surface area contributed by atoms with Crippen LogP contribution in [-0.4, -0.2) is 32.2 Å². The largest absolute Gasteiger partial charge is 0.497 e. The normalized spacial score (nSPS) is 11.2. The SMILES string of the molecule is COc1ccc(S(=O)(=O)CCC(=O)Nc2nc(-c3ccc(F)cc3)cs2)cc1. The van der Waals surface area contributed by atoms with E-state index in [9.17, 15) is 17.6 Å². The zero-order chi connectivity index (χ0) is 20.1. The number of hydrogen-bond donors (Lipinski definition) is 1. The van der Waals surface area contributed by atoms with Crippen molar-refractivity contribution in [3.8, 4) is 17.0 Å². The summed E-state index contributed by atoms with van der Waals surface area (Å²) in [5, 5.41) is 4.68. The van der Waals surface area contributed by atoms with Gasteiger partial charge in [0.05, 0.1) is 23.5 Å². The number of anilines is 1. The summed E-state index contributed by atoms with van der Waals surface area (Å²) in [6.45, 7) is 0. The predicted molar refractivity (Wildman–Crippen MR) is 106 cm³/mol. The van der Waals surface area contributed by atoms with E-state index in [1.54, 1.807) is 29.6 Å². The highest BCUT2D eigenvalue weighted by Crippen LogP contribution is 2.25. The van der Waals surface area contributed by atoms with Crippen LogP contribution in [0.15, 0.2) is 58.8 Å². The van der Waals surface area contributed by atoms with E-state index in [0.717, 1.165) is 5.56 Å². The molecule has 0 saturated carbocycles. The lowest BCUT2D eigenvalue weighted by Gasteiger charge is -2.06. The summed E-state index contributed by atoms with van der Waals surface area (Å²) in [6.07, 6.45) is -0.195. The molecule has 0 aliphatic carbocycles. The molecule has 0 fully saturated rings. The van der Waals surface area contributed by atoms with Gasteiger partial charge < -0.3 is 10.1 Å². The fourth-order valence-corrected chi connectivity index (χ4v) is 4.37. The predicted octanol–water partition coefficient (Wildman–Crippen LogP) is 3.76. The van der Waals surface area contributed by atoms with Gasteiger partial charge in [0.25, 0.3) is 0 Å². The monoisotopic (exact) mass is 420 g/mol. The Hall–Kier alpha value is -2.78. The number of nitrogens with one attached hydrogen (secondary N) is 1. The Morgan fingerprint density at radius 2 is 1.82 bits per heavy atom. The first-order chi connectivity index (χ1) is 13.4. The van der Waals surface area contributed by atoms with E-state index in [4.69, 9.17) is 4.74 Å². The van der Waals surface area contributed by atoms with Gasteiger partial charge >= 0.3 is 0 Å². The third kappa shape index (κ3) is 4.93. The molecule has 1 amide bonds. The number of amides is 1. The number of sulfone groups is 1. The Morgan fingerprint density at radius 3 is 2.46 bits per heavy atom. The maximum atomic E-state index is 13.0. The average molecular weight is 420 g/mol. The highest BCUT2D eigenvalue weighted by atomic mass is 32.2. The second-order valence-corrected chi connectivity index (χ2v) is 8.80. The van der Waals surface area contributed by atoms with Crippen molar-refractivity contribution in [2.75, 3.05) is 18.2 Å². The molecule has 6 nitrogen and oxygen atoms in total. The van der Waals surface area contributed by atoms with Crippen LogP contribution in [0.25, 0.3) is 11.3 Å². The number of hydrogen-bond acceptors (Lipinski definition) is 6. The van der Waals surface area contributed by atoms with E-state index in [2.05, 4.69) is 10.3 Å². The number of methoxy groups -OCH3 is 1. The third-order valence-corrected chi connectivity index (χ3v) is 6.40. The van der Waals surface area contributed by atoms with E-state index < -0.39 is 15.7 Å². The molecule has 0 saturated heterocycles. The van der Waals surface area contributed by atoms with Gasteiger partial charge in [-0.3, -0.25) is 4.79 Å². The van der Waals surface area contributed by atoms with Crippen molar-refractivity contribution in [1.82, 2.24) is 4.98 Å². The molecule has 0 unspecified atom stereocenters. The Balaban J connectivity index is 1.59. The van der Waals surface area contributed by atoms with E-state index in [-0.39, 0.29) is 22.9 Å². The minimum atomic E-state index is -3.58. The van der Waals surface area contributed by atoms with Crippen molar-refractivity contribution in [2.45, 2.75) is 11.3 Å². The molecule has 3 rings (SSSR count). The van der Waals surface area contributed by atoms with Crippen LogP contribution in [0.1, 0.15) is 6.42 Å². The van der Waals surface area contributed by atoms with Crippen molar-refractivity contribution in [3.05, 3.63) is 59.7 Å². The van der Waals surface area contributed by atoms with Crippen LogP contribution in [0, 0.1) is 5.82 Å². The van der Waals surface area contributed by atoms with Crippen LogP contribution in [0.2, 0.25) is 0 Å². The first kappa shape index (κ1) is 20.0.